The summed E-state index contributed by atoms with van der Waals surface area (Å²) in [7, 11) is 0. The van der Waals surface area contributed by atoms with E-state index in [0.717, 1.165) is 0 Å². The van der Waals surface area contributed by atoms with Crippen LogP contribution in [0.4, 0.5) is 14.4 Å². The number of hydrogen-bond donors (Lipinski definition) is 1. The molecule has 0 aliphatic heterocycles. The molecule has 0 bridgehead atoms. The van der Waals surface area contributed by atoms with Gasteiger partial charge < -0.3 is 38.9 Å². The van der Waals surface area contributed by atoms with Gasteiger partial charge in [0.25, 0.3) is 0 Å². The van der Waals surface area contributed by atoms with Gasteiger partial charge in [0.15, 0.2) is 11.5 Å². The zero-order valence-corrected chi connectivity index (χ0v) is 26.5. The lowest BCUT2D eigenvalue weighted by Gasteiger charge is -2.24. The van der Waals surface area contributed by atoms with Gasteiger partial charge >= 0.3 is 24.4 Å². The number of nitrogens with two attached hydrogens (primary N) is 1. The van der Waals surface area contributed by atoms with Crippen LogP contribution in [0.2, 0.25) is 0 Å². The zero-order valence-electron chi connectivity index (χ0n) is 26.5. The molecule has 238 valence electrons. The summed E-state index contributed by atoms with van der Waals surface area (Å²) in [4.78, 5) is 49.2. The summed E-state index contributed by atoms with van der Waals surface area (Å²) >= 11 is 0. The Morgan fingerprint density at radius 2 is 1.31 bits per heavy atom. The smallest absolute Gasteiger partial charge is 0.458 e. The maximum Gasteiger partial charge on any atom is 0.514 e. The number of carbonyl (C=O) groups is 4. The van der Waals surface area contributed by atoms with Crippen molar-refractivity contribution in [1.82, 2.24) is 0 Å². The molecule has 0 aromatic heterocycles. The molecular formula is C30H47NO11. The normalized spacial score (nSPS) is 13.3. The number of benzene rings is 1. The first-order valence-corrected chi connectivity index (χ1v) is 14.0. The van der Waals surface area contributed by atoms with Crippen molar-refractivity contribution in [2.45, 2.75) is 112 Å². The quantitative estimate of drug-likeness (QED) is 0.158. The lowest BCUT2D eigenvalue weighted by molar-refractivity contribution is -0.152. The van der Waals surface area contributed by atoms with Crippen molar-refractivity contribution in [3.63, 3.8) is 0 Å². The van der Waals surface area contributed by atoms with Crippen molar-refractivity contribution in [3.8, 4) is 11.5 Å². The van der Waals surface area contributed by atoms with Crippen LogP contribution in [0.15, 0.2) is 18.2 Å². The van der Waals surface area contributed by atoms with Crippen molar-refractivity contribution in [3.05, 3.63) is 23.8 Å². The van der Waals surface area contributed by atoms with Gasteiger partial charge in [-0.05, 0) is 77.0 Å². The summed E-state index contributed by atoms with van der Waals surface area (Å²) in [6.07, 6.45) is -2.58. The van der Waals surface area contributed by atoms with Crippen molar-refractivity contribution in [2.75, 3.05) is 13.2 Å². The second kappa shape index (κ2) is 15.6. The second-order valence-corrected chi connectivity index (χ2v) is 12.4. The van der Waals surface area contributed by atoms with Crippen LogP contribution in [0.3, 0.4) is 0 Å². The fourth-order valence-electron chi connectivity index (χ4n) is 2.82. The molecule has 1 rings (SSSR count). The number of carbonyl (C=O) groups excluding carboxylic acids is 4. The number of esters is 1. The van der Waals surface area contributed by atoms with Crippen LogP contribution in [0, 0.1) is 5.41 Å². The Morgan fingerprint density at radius 3 is 1.81 bits per heavy atom. The summed E-state index contributed by atoms with van der Waals surface area (Å²) in [5, 5.41) is 0. The maximum atomic E-state index is 12.6. The Balaban J connectivity index is 2.93. The van der Waals surface area contributed by atoms with Gasteiger partial charge in [0.05, 0.1) is 6.61 Å². The largest absolute Gasteiger partial charge is 0.514 e. The topological polar surface area (TPSA) is 159 Å². The second-order valence-electron chi connectivity index (χ2n) is 12.4. The van der Waals surface area contributed by atoms with Gasteiger partial charge in [-0.15, -0.1) is 0 Å². The van der Waals surface area contributed by atoms with Gasteiger partial charge in [-0.3, -0.25) is 4.79 Å². The van der Waals surface area contributed by atoms with E-state index in [9.17, 15) is 19.2 Å². The molecule has 1 aromatic carbocycles. The molecule has 0 fully saturated rings. The average molecular weight is 598 g/mol. The third-order valence-electron chi connectivity index (χ3n) is 5.95. The first-order valence-electron chi connectivity index (χ1n) is 14.0. The lowest BCUT2D eigenvalue weighted by Crippen LogP contribution is -2.37. The molecule has 42 heavy (non-hydrogen) atoms. The van der Waals surface area contributed by atoms with E-state index in [0.29, 0.717) is 18.4 Å². The molecule has 0 unspecified atom stereocenters. The number of hydrogen-bond acceptors (Lipinski definition) is 12. The van der Waals surface area contributed by atoms with Crippen molar-refractivity contribution in [1.29, 1.82) is 0 Å². The van der Waals surface area contributed by atoms with E-state index in [1.807, 2.05) is 34.6 Å². The Hall–Kier alpha value is -3.54. The van der Waals surface area contributed by atoms with E-state index in [-0.39, 0.29) is 36.5 Å². The Kier molecular flexibility index (Phi) is 13.6. The molecule has 12 nitrogen and oxygen atoms in total. The molecule has 2 N–H and O–H groups in total. The van der Waals surface area contributed by atoms with E-state index in [2.05, 4.69) is 0 Å². The molecule has 2 atom stereocenters. The van der Waals surface area contributed by atoms with Crippen LogP contribution < -0.4 is 15.2 Å². The minimum absolute atomic E-state index is 0.0144. The Labute approximate surface area is 248 Å². The van der Waals surface area contributed by atoms with Gasteiger partial charge in [-0.25, -0.2) is 14.4 Å². The molecule has 1 aromatic rings. The third-order valence-corrected chi connectivity index (χ3v) is 5.95. The molecule has 0 aliphatic carbocycles. The highest BCUT2D eigenvalue weighted by Crippen LogP contribution is 2.31. The summed E-state index contributed by atoms with van der Waals surface area (Å²) in [6.45, 7) is 17.8. The maximum absolute atomic E-state index is 12.6. The monoisotopic (exact) mass is 597 g/mol. The average Bonchev–Trinajstić information content (AvgIpc) is 2.86. The van der Waals surface area contributed by atoms with Gasteiger partial charge in [0.2, 0.25) is 0 Å². The lowest BCUT2D eigenvalue weighted by atomic mass is 9.99. The van der Waals surface area contributed by atoms with Crippen LogP contribution in [-0.4, -0.2) is 61.0 Å². The van der Waals surface area contributed by atoms with Gasteiger partial charge in [-0.2, -0.15) is 0 Å². The van der Waals surface area contributed by atoms with Gasteiger partial charge in [0, 0.05) is 0 Å². The molecule has 0 heterocycles. The first kappa shape index (κ1) is 36.5. The predicted octanol–water partition coefficient (Wildman–Crippen LogP) is 6.10. The summed E-state index contributed by atoms with van der Waals surface area (Å²) in [5.74, 6) is -0.972. The SMILES string of the molecule is CCC(C)(C)OC(=O)Oc1ccc(C[C@H](N)C(=O)O[C@@H](C)COC(=O)OCC(C)(C)C)cc1OC(=O)OC(C)(C)CC. The van der Waals surface area contributed by atoms with E-state index >= 15 is 0 Å². The highest BCUT2D eigenvalue weighted by atomic mass is 16.8. The molecule has 0 saturated heterocycles. The predicted molar refractivity (Wildman–Crippen MR) is 153 cm³/mol. The van der Waals surface area contributed by atoms with Crippen LogP contribution in [0.5, 0.6) is 11.5 Å². The standard InChI is InChI=1S/C30H47NO11/c1-11-29(7,8)41-26(34)39-22-14-13-20(16-23(22)40-27(35)42-30(9,10)12-2)15-21(31)24(32)38-19(3)17-36-25(33)37-18-28(4,5)6/h13-14,16,19,21H,11-12,15,17-18,31H2,1-10H3/t19-,21-/m0/s1. The zero-order chi connectivity index (χ0) is 32.3. The molecule has 0 saturated carbocycles. The highest BCUT2D eigenvalue weighted by molar-refractivity contribution is 5.76. The molecule has 0 aliphatic rings. The minimum Gasteiger partial charge on any atom is -0.458 e. The first-order chi connectivity index (χ1) is 19.3. The van der Waals surface area contributed by atoms with E-state index < -0.39 is 47.8 Å². The Morgan fingerprint density at radius 1 is 0.786 bits per heavy atom. The van der Waals surface area contributed by atoms with Crippen molar-refractivity contribution >= 4 is 24.4 Å². The summed E-state index contributed by atoms with van der Waals surface area (Å²) in [5.41, 5.74) is 4.74. The summed E-state index contributed by atoms with van der Waals surface area (Å²) in [6, 6.07) is 3.23. The van der Waals surface area contributed by atoms with Gasteiger partial charge in [-0.1, -0.05) is 40.7 Å². The third kappa shape index (κ3) is 14.4. The number of rotatable bonds is 13. The van der Waals surface area contributed by atoms with Crippen molar-refractivity contribution in [2.24, 2.45) is 11.1 Å². The van der Waals surface area contributed by atoms with Crippen LogP contribution >= 0.6 is 0 Å². The molecule has 0 radical (unpaired) electrons. The highest BCUT2D eigenvalue weighted by Gasteiger charge is 2.27. The van der Waals surface area contributed by atoms with Crippen molar-refractivity contribution < 1.29 is 52.3 Å². The fraction of sp³-hybridized carbons (Fsp3) is 0.667. The molecule has 0 amide bonds. The molecule has 12 heteroatoms. The van der Waals surface area contributed by atoms with Crippen LogP contribution in [0.1, 0.15) is 87.6 Å². The minimum atomic E-state index is -1.11. The van der Waals surface area contributed by atoms with Crippen LogP contribution in [-0.2, 0) is 34.9 Å². The van der Waals surface area contributed by atoms with Gasteiger partial charge in [0.1, 0.15) is 30.0 Å². The molecule has 0 spiro atoms. The summed E-state index contributed by atoms with van der Waals surface area (Å²) < 4.78 is 36.6. The van der Waals surface area contributed by atoms with Crippen LogP contribution in [0.25, 0.3) is 0 Å². The fourth-order valence-corrected chi connectivity index (χ4v) is 2.82. The van der Waals surface area contributed by atoms with E-state index in [1.54, 1.807) is 40.7 Å². The number of ether oxygens (including phenoxy) is 7. The van der Waals surface area contributed by atoms with E-state index in [4.69, 9.17) is 38.9 Å². The Bertz CT molecular complexity index is 1080. The molecular weight excluding hydrogens is 550 g/mol. The van der Waals surface area contributed by atoms with E-state index in [1.165, 1.54) is 12.1 Å².